The summed E-state index contributed by atoms with van der Waals surface area (Å²) >= 11 is 0. The van der Waals surface area contributed by atoms with Gasteiger partial charge in [0.05, 0.1) is 18.0 Å². The molecule has 0 radical (unpaired) electrons. The van der Waals surface area contributed by atoms with Crippen molar-refractivity contribution in [3.8, 4) is 0 Å². The standard InChI is InChI=1S/C13H17N3O/c1-2-6-15-13(9-11-4-3-8-17-11)12-5-7-14-10-16-12/h3-5,7-8,10,13,15H,2,6,9H2,1H3. The fourth-order valence-corrected chi connectivity index (χ4v) is 1.74. The third-order valence-electron chi connectivity index (χ3n) is 2.59. The van der Waals surface area contributed by atoms with Crippen LogP contribution >= 0.6 is 0 Å². The van der Waals surface area contributed by atoms with Crippen LogP contribution in [0.2, 0.25) is 0 Å². The highest BCUT2D eigenvalue weighted by Gasteiger charge is 2.13. The molecule has 1 unspecified atom stereocenters. The monoisotopic (exact) mass is 231 g/mol. The first-order valence-corrected chi connectivity index (χ1v) is 5.92. The number of rotatable bonds is 6. The van der Waals surface area contributed by atoms with Crippen molar-refractivity contribution in [2.75, 3.05) is 6.54 Å². The van der Waals surface area contributed by atoms with Gasteiger partial charge in [-0.15, -0.1) is 0 Å². The van der Waals surface area contributed by atoms with Gasteiger partial charge in [-0.25, -0.2) is 9.97 Å². The molecule has 0 aliphatic carbocycles. The summed E-state index contributed by atoms with van der Waals surface area (Å²) in [4.78, 5) is 8.24. The van der Waals surface area contributed by atoms with Gasteiger partial charge in [-0.05, 0) is 31.2 Å². The second kappa shape index (κ2) is 6.15. The van der Waals surface area contributed by atoms with Gasteiger partial charge in [-0.2, -0.15) is 0 Å². The number of furan rings is 1. The summed E-state index contributed by atoms with van der Waals surface area (Å²) in [5.74, 6) is 0.970. The Kier molecular flexibility index (Phi) is 4.27. The van der Waals surface area contributed by atoms with Crippen LogP contribution in [-0.2, 0) is 6.42 Å². The van der Waals surface area contributed by atoms with E-state index in [2.05, 4.69) is 22.2 Å². The van der Waals surface area contributed by atoms with Crippen molar-refractivity contribution in [1.82, 2.24) is 15.3 Å². The summed E-state index contributed by atoms with van der Waals surface area (Å²) in [5.41, 5.74) is 1.00. The van der Waals surface area contributed by atoms with Gasteiger partial charge < -0.3 is 9.73 Å². The molecule has 4 nitrogen and oxygen atoms in total. The normalized spacial score (nSPS) is 12.5. The van der Waals surface area contributed by atoms with E-state index in [-0.39, 0.29) is 6.04 Å². The van der Waals surface area contributed by atoms with Gasteiger partial charge in [0.1, 0.15) is 12.1 Å². The maximum absolute atomic E-state index is 5.38. The van der Waals surface area contributed by atoms with E-state index >= 15 is 0 Å². The Bertz CT molecular complexity index is 413. The molecule has 0 aliphatic rings. The number of nitrogens with zero attached hydrogens (tertiary/aromatic N) is 2. The lowest BCUT2D eigenvalue weighted by Crippen LogP contribution is -2.24. The van der Waals surface area contributed by atoms with Crippen molar-refractivity contribution in [2.24, 2.45) is 0 Å². The smallest absolute Gasteiger partial charge is 0.115 e. The van der Waals surface area contributed by atoms with Crippen LogP contribution in [0.15, 0.2) is 41.4 Å². The van der Waals surface area contributed by atoms with Crippen molar-refractivity contribution < 1.29 is 4.42 Å². The van der Waals surface area contributed by atoms with Crippen LogP contribution in [0.1, 0.15) is 30.8 Å². The number of nitrogens with one attached hydrogen (secondary N) is 1. The van der Waals surface area contributed by atoms with E-state index in [1.165, 1.54) is 0 Å². The largest absolute Gasteiger partial charge is 0.469 e. The Labute approximate surface area is 101 Å². The lowest BCUT2D eigenvalue weighted by Gasteiger charge is -2.16. The van der Waals surface area contributed by atoms with Gasteiger partial charge in [0, 0.05) is 12.6 Å². The number of hydrogen-bond donors (Lipinski definition) is 1. The van der Waals surface area contributed by atoms with E-state index in [9.17, 15) is 0 Å². The quantitative estimate of drug-likeness (QED) is 0.829. The molecular weight excluding hydrogens is 214 g/mol. The highest BCUT2D eigenvalue weighted by Crippen LogP contribution is 2.16. The first kappa shape index (κ1) is 11.8. The lowest BCUT2D eigenvalue weighted by molar-refractivity contribution is 0.443. The van der Waals surface area contributed by atoms with Crippen molar-refractivity contribution in [3.63, 3.8) is 0 Å². The average Bonchev–Trinajstić information content (AvgIpc) is 2.88. The molecule has 0 spiro atoms. The summed E-state index contributed by atoms with van der Waals surface area (Å²) in [6.45, 7) is 3.12. The molecule has 1 atom stereocenters. The van der Waals surface area contributed by atoms with Crippen molar-refractivity contribution in [2.45, 2.75) is 25.8 Å². The summed E-state index contributed by atoms with van der Waals surface area (Å²) in [7, 11) is 0. The minimum absolute atomic E-state index is 0.184. The van der Waals surface area contributed by atoms with E-state index < -0.39 is 0 Å². The zero-order valence-corrected chi connectivity index (χ0v) is 9.97. The highest BCUT2D eigenvalue weighted by molar-refractivity contribution is 5.10. The molecule has 4 heteroatoms. The second-order valence-corrected chi connectivity index (χ2v) is 3.92. The molecule has 1 N–H and O–H groups in total. The fraction of sp³-hybridized carbons (Fsp3) is 0.385. The predicted octanol–water partition coefficient (Wildman–Crippen LogP) is 2.35. The van der Waals surface area contributed by atoms with E-state index in [0.29, 0.717) is 0 Å². The minimum Gasteiger partial charge on any atom is -0.469 e. The van der Waals surface area contributed by atoms with Crippen LogP contribution in [0.5, 0.6) is 0 Å². The van der Waals surface area contributed by atoms with Crippen LogP contribution in [-0.4, -0.2) is 16.5 Å². The molecular formula is C13H17N3O. The molecule has 17 heavy (non-hydrogen) atoms. The molecule has 2 rings (SSSR count). The zero-order chi connectivity index (χ0) is 11.9. The molecule has 0 aliphatic heterocycles. The van der Waals surface area contributed by atoms with Gasteiger partial charge >= 0.3 is 0 Å². The molecule has 2 heterocycles. The van der Waals surface area contributed by atoms with E-state index in [0.717, 1.165) is 30.8 Å². The Morgan fingerprint density at radius 1 is 1.41 bits per heavy atom. The lowest BCUT2D eigenvalue weighted by atomic mass is 10.1. The second-order valence-electron chi connectivity index (χ2n) is 3.92. The molecule has 0 saturated heterocycles. The topological polar surface area (TPSA) is 51.0 Å². The SMILES string of the molecule is CCCNC(Cc1ccco1)c1ccncn1. The van der Waals surface area contributed by atoms with Crippen LogP contribution in [0.25, 0.3) is 0 Å². The Morgan fingerprint density at radius 2 is 2.35 bits per heavy atom. The third kappa shape index (κ3) is 3.39. The fourth-order valence-electron chi connectivity index (χ4n) is 1.74. The van der Waals surface area contributed by atoms with Crippen LogP contribution in [0, 0.1) is 0 Å². The summed E-state index contributed by atoms with van der Waals surface area (Å²) in [6, 6.07) is 6.02. The van der Waals surface area contributed by atoms with Crippen LogP contribution < -0.4 is 5.32 Å². The highest BCUT2D eigenvalue weighted by atomic mass is 16.3. The van der Waals surface area contributed by atoms with Crippen molar-refractivity contribution in [3.05, 3.63) is 48.4 Å². The van der Waals surface area contributed by atoms with Crippen LogP contribution in [0.4, 0.5) is 0 Å². The molecule has 0 amide bonds. The van der Waals surface area contributed by atoms with Gasteiger partial charge in [0.15, 0.2) is 0 Å². The van der Waals surface area contributed by atoms with Crippen LogP contribution in [0.3, 0.4) is 0 Å². The third-order valence-corrected chi connectivity index (χ3v) is 2.59. The molecule has 0 fully saturated rings. The molecule has 2 aromatic rings. The zero-order valence-electron chi connectivity index (χ0n) is 9.97. The average molecular weight is 231 g/mol. The van der Waals surface area contributed by atoms with Gasteiger partial charge in [-0.3, -0.25) is 0 Å². The molecule has 0 bridgehead atoms. The van der Waals surface area contributed by atoms with E-state index in [1.807, 2.05) is 18.2 Å². The predicted molar refractivity (Wildman–Crippen MR) is 65.5 cm³/mol. The minimum atomic E-state index is 0.184. The Hall–Kier alpha value is -1.68. The molecule has 2 aromatic heterocycles. The maximum atomic E-state index is 5.38. The van der Waals surface area contributed by atoms with Crippen molar-refractivity contribution in [1.29, 1.82) is 0 Å². The van der Waals surface area contributed by atoms with Gasteiger partial charge in [0.2, 0.25) is 0 Å². The van der Waals surface area contributed by atoms with E-state index in [1.54, 1.807) is 18.8 Å². The Morgan fingerprint density at radius 3 is 3.00 bits per heavy atom. The molecule has 90 valence electrons. The number of aromatic nitrogens is 2. The first-order chi connectivity index (χ1) is 8.40. The van der Waals surface area contributed by atoms with Crippen molar-refractivity contribution >= 4 is 0 Å². The number of hydrogen-bond acceptors (Lipinski definition) is 4. The summed E-state index contributed by atoms with van der Waals surface area (Å²) in [6.07, 6.45) is 6.96. The Balaban J connectivity index is 2.08. The van der Waals surface area contributed by atoms with E-state index in [4.69, 9.17) is 4.42 Å². The molecule has 0 aromatic carbocycles. The maximum Gasteiger partial charge on any atom is 0.115 e. The van der Waals surface area contributed by atoms with Gasteiger partial charge in [0.25, 0.3) is 0 Å². The first-order valence-electron chi connectivity index (χ1n) is 5.92. The molecule has 0 saturated carbocycles. The summed E-state index contributed by atoms with van der Waals surface area (Å²) < 4.78 is 5.38. The van der Waals surface area contributed by atoms with Gasteiger partial charge in [-0.1, -0.05) is 6.92 Å². The summed E-state index contributed by atoms with van der Waals surface area (Å²) in [5, 5.41) is 3.47.